The van der Waals surface area contributed by atoms with E-state index in [1.807, 2.05) is 10.2 Å². The van der Waals surface area contributed by atoms with Crippen molar-refractivity contribution in [2.45, 2.75) is 12.5 Å². The fourth-order valence-electron chi connectivity index (χ4n) is 0.477. The maximum Gasteiger partial charge on any atom is 1.00 e. The summed E-state index contributed by atoms with van der Waals surface area (Å²) in [7, 11) is 2.01. The Bertz CT molecular complexity index is 39.9. The van der Waals surface area contributed by atoms with Crippen LogP contribution in [0.4, 0.5) is 0 Å². The summed E-state index contributed by atoms with van der Waals surface area (Å²) in [6.45, 7) is 2.84. The summed E-state index contributed by atoms with van der Waals surface area (Å²) in [6.07, 6.45) is 1.28. The molecule has 0 spiro atoms. The normalized spacial score (nSPS) is 8.67. The molecule has 0 atom stereocenters. The standard InChI is InChI=1S/C5H15N2Si.K/c6-2-4-7-3-1-5-8;/h7H,1-6,8H2;/q-1;+1. The largest absolute Gasteiger partial charge is 1.00 e. The molecule has 0 aromatic rings. The van der Waals surface area contributed by atoms with Gasteiger partial charge in [0.05, 0.1) is 0 Å². The molecule has 9 heavy (non-hydrogen) atoms. The van der Waals surface area contributed by atoms with Gasteiger partial charge >= 0.3 is 51.4 Å². The minimum absolute atomic E-state index is 0. The molecule has 0 heterocycles. The van der Waals surface area contributed by atoms with Crippen molar-refractivity contribution >= 4 is 10.2 Å². The number of hydrogen-bond donors (Lipinski definition) is 2. The van der Waals surface area contributed by atoms with Crippen molar-refractivity contribution in [3.63, 3.8) is 0 Å². The quantitative estimate of drug-likeness (QED) is 0.326. The molecule has 0 saturated heterocycles. The zero-order valence-corrected chi connectivity index (χ0v) is 10.9. The van der Waals surface area contributed by atoms with E-state index in [0.29, 0.717) is 0 Å². The van der Waals surface area contributed by atoms with Gasteiger partial charge in [-0.05, 0) is 6.54 Å². The van der Waals surface area contributed by atoms with Crippen molar-refractivity contribution in [1.29, 1.82) is 0 Å². The molecular formula is C5H15KN2Si. The van der Waals surface area contributed by atoms with Gasteiger partial charge < -0.3 is 11.1 Å². The van der Waals surface area contributed by atoms with Gasteiger partial charge in [-0.25, -0.2) is 0 Å². The fourth-order valence-corrected chi connectivity index (χ4v) is 0.727. The van der Waals surface area contributed by atoms with Crippen LogP contribution in [0.3, 0.4) is 0 Å². The van der Waals surface area contributed by atoms with Gasteiger partial charge in [-0.15, -0.1) is 0 Å². The average molecular weight is 170 g/mol. The average Bonchev–Trinajstić information content (AvgIpc) is 1.81. The van der Waals surface area contributed by atoms with Crippen LogP contribution in [0.2, 0.25) is 6.04 Å². The van der Waals surface area contributed by atoms with E-state index in [1.54, 1.807) is 0 Å². The van der Waals surface area contributed by atoms with Crippen LogP contribution in [0.15, 0.2) is 0 Å². The van der Waals surface area contributed by atoms with Crippen LogP contribution in [-0.2, 0) is 0 Å². The first-order valence-corrected chi connectivity index (χ1v) is 4.12. The Balaban J connectivity index is 0. The van der Waals surface area contributed by atoms with E-state index in [-0.39, 0.29) is 51.4 Å². The molecule has 50 valence electrons. The van der Waals surface area contributed by atoms with Crippen LogP contribution >= 0.6 is 0 Å². The third-order valence-corrected chi connectivity index (χ3v) is 1.42. The van der Waals surface area contributed by atoms with Crippen LogP contribution in [0.1, 0.15) is 6.42 Å². The predicted molar refractivity (Wildman–Crippen MR) is 39.9 cm³/mol. The molecule has 3 N–H and O–H groups in total. The molecule has 0 aromatic heterocycles. The minimum Gasteiger partial charge on any atom is -0.329 e. The summed E-state index contributed by atoms with van der Waals surface area (Å²) < 4.78 is 0. The third-order valence-electron chi connectivity index (χ3n) is 0.925. The molecule has 0 aliphatic carbocycles. The fraction of sp³-hybridized carbons (Fsp3) is 1.00. The van der Waals surface area contributed by atoms with Gasteiger partial charge in [0.15, 0.2) is 0 Å². The summed E-state index contributed by atoms with van der Waals surface area (Å²) >= 11 is 0. The Morgan fingerprint density at radius 3 is 2.44 bits per heavy atom. The van der Waals surface area contributed by atoms with Crippen molar-refractivity contribution in [2.75, 3.05) is 19.6 Å². The van der Waals surface area contributed by atoms with Gasteiger partial charge in [-0.2, -0.15) is 6.04 Å². The predicted octanol–water partition coefficient (Wildman–Crippen LogP) is -4.02. The van der Waals surface area contributed by atoms with Crippen molar-refractivity contribution in [3.05, 3.63) is 0 Å². The number of nitrogens with one attached hydrogen (secondary N) is 1. The van der Waals surface area contributed by atoms with Crippen LogP contribution < -0.4 is 62.4 Å². The maximum absolute atomic E-state index is 5.25. The van der Waals surface area contributed by atoms with Gasteiger partial charge in [0, 0.05) is 13.1 Å². The number of nitrogens with two attached hydrogens (primary N) is 1. The van der Waals surface area contributed by atoms with Crippen molar-refractivity contribution in [2.24, 2.45) is 5.73 Å². The molecule has 0 unspecified atom stereocenters. The molecule has 0 rings (SSSR count). The Kier molecular flexibility index (Phi) is 18.5. The Hall–Kier alpha value is 1.77. The van der Waals surface area contributed by atoms with E-state index in [4.69, 9.17) is 5.73 Å². The van der Waals surface area contributed by atoms with Crippen molar-refractivity contribution in [3.8, 4) is 0 Å². The maximum atomic E-state index is 5.25. The van der Waals surface area contributed by atoms with Crippen molar-refractivity contribution < 1.29 is 51.4 Å². The van der Waals surface area contributed by atoms with Gasteiger partial charge in [0.2, 0.25) is 0 Å². The van der Waals surface area contributed by atoms with E-state index in [2.05, 4.69) is 5.32 Å². The summed E-state index contributed by atoms with van der Waals surface area (Å²) in [4.78, 5) is 0. The molecule has 0 aliphatic heterocycles. The van der Waals surface area contributed by atoms with E-state index in [1.165, 1.54) is 12.5 Å². The topological polar surface area (TPSA) is 38.0 Å². The van der Waals surface area contributed by atoms with Crippen LogP contribution in [0.5, 0.6) is 0 Å². The van der Waals surface area contributed by atoms with Gasteiger partial charge in [-0.3, -0.25) is 10.2 Å². The zero-order valence-electron chi connectivity index (χ0n) is 6.32. The number of hydrogen-bond acceptors (Lipinski definition) is 2. The van der Waals surface area contributed by atoms with Gasteiger partial charge in [0.25, 0.3) is 0 Å². The zero-order chi connectivity index (χ0) is 6.24. The second kappa shape index (κ2) is 12.4. The Morgan fingerprint density at radius 2 is 2.00 bits per heavy atom. The third kappa shape index (κ3) is 12.9. The molecular weight excluding hydrogens is 155 g/mol. The van der Waals surface area contributed by atoms with Crippen LogP contribution in [0.25, 0.3) is 0 Å². The monoisotopic (exact) mass is 170 g/mol. The molecule has 2 nitrogen and oxygen atoms in total. The molecule has 0 bridgehead atoms. The second-order valence-corrected chi connectivity index (χ2v) is 2.45. The first-order valence-electron chi connectivity index (χ1n) is 3.12. The molecule has 4 heteroatoms. The van der Waals surface area contributed by atoms with Crippen LogP contribution in [-0.4, -0.2) is 29.9 Å². The molecule has 0 aromatic carbocycles. The van der Waals surface area contributed by atoms with Crippen LogP contribution in [0, 0.1) is 0 Å². The molecule has 0 saturated carbocycles. The van der Waals surface area contributed by atoms with Gasteiger partial charge in [0.1, 0.15) is 0 Å². The van der Waals surface area contributed by atoms with Gasteiger partial charge in [-0.1, -0.05) is 6.42 Å². The molecule has 0 fully saturated rings. The van der Waals surface area contributed by atoms with E-state index < -0.39 is 0 Å². The smallest absolute Gasteiger partial charge is 0.329 e. The van der Waals surface area contributed by atoms with Crippen molar-refractivity contribution in [1.82, 2.24) is 5.32 Å². The Morgan fingerprint density at radius 1 is 1.33 bits per heavy atom. The summed E-state index contributed by atoms with van der Waals surface area (Å²) in [5, 5.41) is 3.22. The second-order valence-electron chi connectivity index (χ2n) is 1.75. The summed E-state index contributed by atoms with van der Waals surface area (Å²) in [5.74, 6) is 0. The molecule has 0 amide bonds. The molecule has 0 aliphatic rings. The first-order chi connectivity index (χ1) is 3.91. The minimum atomic E-state index is 0. The van der Waals surface area contributed by atoms with E-state index in [0.717, 1.165) is 19.6 Å². The number of rotatable bonds is 5. The SMILES string of the molecule is NCCNCCC[SiH2-].[K+]. The summed E-state index contributed by atoms with van der Waals surface area (Å²) in [6, 6.07) is 1.29. The van der Waals surface area contributed by atoms with E-state index >= 15 is 0 Å². The summed E-state index contributed by atoms with van der Waals surface area (Å²) in [5.41, 5.74) is 5.25. The first kappa shape index (κ1) is 13.4. The molecule has 0 radical (unpaired) electrons. The van der Waals surface area contributed by atoms with E-state index in [9.17, 15) is 0 Å². The Labute approximate surface area is 103 Å².